The first-order valence-electron chi connectivity index (χ1n) is 10.8. The van der Waals surface area contributed by atoms with Crippen molar-refractivity contribution in [1.29, 1.82) is 5.26 Å². The van der Waals surface area contributed by atoms with Crippen molar-refractivity contribution in [2.75, 3.05) is 17.4 Å². The summed E-state index contributed by atoms with van der Waals surface area (Å²) in [7, 11) is -3.96. The Morgan fingerprint density at radius 3 is 2.50 bits per heavy atom. The highest BCUT2D eigenvalue weighted by atomic mass is 32.2. The number of alkyl halides is 3. The molecule has 4 atom stereocenters. The fourth-order valence-corrected chi connectivity index (χ4v) is 8.06. The third-order valence-corrected chi connectivity index (χ3v) is 9.37. The molecule has 178 valence electrons. The molecule has 3 heterocycles. The topological polar surface area (TPSA) is 90.7 Å². The summed E-state index contributed by atoms with van der Waals surface area (Å²) >= 11 is 0. The van der Waals surface area contributed by atoms with Crippen molar-refractivity contribution < 1.29 is 31.1 Å². The minimum Gasteiger partial charge on any atom is -0.410 e. The number of carbonyl (C=O) groups is 1. The van der Waals surface area contributed by atoms with Gasteiger partial charge in [-0.15, -0.1) is 0 Å². The van der Waals surface area contributed by atoms with E-state index in [1.807, 2.05) is 0 Å². The Morgan fingerprint density at radius 2 is 1.82 bits per heavy atom. The minimum atomic E-state index is -4.80. The van der Waals surface area contributed by atoms with Crippen molar-refractivity contribution in [3.8, 4) is 11.8 Å². The van der Waals surface area contributed by atoms with Gasteiger partial charge in [-0.1, -0.05) is 18.2 Å². The monoisotopic (exact) mass is 491 g/mol. The molecule has 3 aliphatic heterocycles. The molecular formula is C23H20F3N3O4S. The van der Waals surface area contributed by atoms with E-state index in [1.54, 1.807) is 35.2 Å². The molecular weight excluding hydrogens is 471 g/mol. The first-order chi connectivity index (χ1) is 16.1. The van der Waals surface area contributed by atoms with Gasteiger partial charge in [-0.25, -0.2) is 13.2 Å². The van der Waals surface area contributed by atoms with Crippen LogP contribution in [0.2, 0.25) is 0 Å². The number of fused-ring (bicyclic) bond motifs is 2. The molecule has 1 saturated carbocycles. The van der Waals surface area contributed by atoms with Crippen molar-refractivity contribution in [2.45, 2.75) is 30.3 Å². The highest BCUT2D eigenvalue weighted by molar-refractivity contribution is 7.93. The molecule has 11 heteroatoms. The molecule has 2 bridgehead atoms. The molecule has 1 amide bonds. The highest BCUT2D eigenvalue weighted by Crippen LogP contribution is 2.49. The molecule has 2 aromatic carbocycles. The number of para-hydroxylation sites is 1. The second-order valence-electron chi connectivity index (χ2n) is 8.78. The summed E-state index contributed by atoms with van der Waals surface area (Å²) in [6, 6.07) is 12.6. The lowest BCUT2D eigenvalue weighted by Gasteiger charge is -2.49. The van der Waals surface area contributed by atoms with Gasteiger partial charge in [0.25, 0.3) is 0 Å². The number of amides is 1. The van der Waals surface area contributed by atoms with Gasteiger partial charge >= 0.3 is 12.3 Å². The maximum atomic E-state index is 13.5. The average Bonchev–Trinajstić information content (AvgIpc) is 3.11. The zero-order valence-electron chi connectivity index (χ0n) is 17.8. The van der Waals surface area contributed by atoms with Gasteiger partial charge in [0.15, 0.2) is 0 Å². The standard InChI is InChI=1S/C23H20F3N3O4S/c24-23(25,26)19-10-16(8-6-14(19)11-27)29-13-18-20-9-7-15(21(18)34(29,31)32)12-28(20)22(30)33-17-4-2-1-3-5-17/h1-6,8,10,15,18,20-21H,7,9,12-13H2. The lowest BCUT2D eigenvalue weighted by molar-refractivity contribution is -0.137. The maximum Gasteiger partial charge on any atom is 0.417 e. The predicted molar refractivity (Wildman–Crippen MR) is 115 cm³/mol. The Labute approximate surface area is 194 Å². The van der Waals surface area contributed by atoms with E-state index >= 15 is 0 Å². The second-order valence-corrected chi connectivity index (χ2v) is 10.8. The molecule has 4 fully saturated rings. The van der Waals surface area contributed by atoms with Gasteiger partial charge in [0.1, 0.15) is 5.75 Å². The van der Waals surface area contributed by atoms with Gasteiger partial charge in [-0.2, -0.15) is 18.4 Å². The molecule has 7 nitrogen and oxygen atoms in total. The summed E-state index contributed by atoms with van der Waals surface area (Å²) in [5.74, 6) is -0.414. The quantitative estimate of drug-likeness (QED) is 0.633. The molecule has 34 heavy (non-hydrogen) atoms. The van der Waals surface area contributed by atoms with Gasteiger partial charge < -0.3 is 9.64 Å². The summed E-state index contributed by atoms with van der Waals surface area (Å²) in [4.78, 5) is 14.4. The van der Waals surface area contributed by atoms with Crippen molar-refractivity contribution >= 4 is 21.8 Å². The summed E-state index contributed by atoms with van der Waals surface area (Å²) in [6.07, 6.45) is -4.16. The van der Waals surface area contributed by atoms with Gasteiger partial charge in [-0.05, 0) is 49.1 Å². The number of benzene rings is 2. The van der Waals surface area contributed by atoms with E-state index in [4.69, 9.17) is 10.00 Å². The van der Waals surface area contributed by atoms with Crippen LogP contribution in [0.15, 0.2) is 48.5 Å². The van der Waals surface area contributed by atoms with Crippen molar-refractivity contribution in [2.24, 2.45) is 11.8 Å². The van der Waals surface area contributed by atoms with Crippen molar-refractivity contribution in [1.82, 2.24) is 4.90 Å². The fourth-order valence-electron chi connectivity index (χ4n) is 5.56. The van der Waals surface area contributed by atoms with Gasteiger partial charge in [0.2, 0.25) is 10.0 Å². The van der Waals surface area contributed by atoms with Crippen LogP contribution >= 0.6 is 0 Å². The van der Waals surface area contributed by atoms with Gasteiger partial charge in [-0.3, -0.25) is 4.31 Å². The Kier molecular flexibility index (Phi) is 5.24. The van der Waals surface area contributed by atoms with Crippen LogP contribution in [-0.2, 0) is 16.2 Å². The molecule has 0 radical (unpaired) electrons. The maximum absolute atomic E-state index is 13.5. The fraction of sp³-hybridized carbons (Fsp3) is 0.391. The molecule has 2 aromatic rings. The predicted octanol–water partition coefficient (Wildman–Crippen LogP) is 4.00. The number of carbonyl (C=O) groups excluding carboxylic acids is 1. The zero-order chi connectivity index (χ0) is 24.3. The number of nitrogens with zero attached hydrogens (tertiary/aromatic N) is 3. The van der Waals surface area contributed by atoms with Crippen LogP contribution in [0.5, 0.6) is 5.75 Å². The van der Waals surface area contributed by atoms with E-state index in [1.165, 1.54) is 12.1 Å². The Bertz CT molecular complexity index is 1280. The smallest absolute Gasteiger partial charge is 0.410 e. The Hall–Kier alpha value is -3.26. The van der Waals surface area contributed by atoms with E-state index in [9.17, 15) is 26.4 Å². The van der Waals surface area contributed by atoms with E-state index in [0.717, 1.165) is 16.4 Å². The van der Waals surface area contributed by atoms with Crippen LogP contribution in [0.3, 0.4) is 0 Å². The average molecular weight is 491 g/mol. The number of rotatable bonds is 2. The first-order valence-corrected chi connectivity index (χ1v) is 12.3. The minimum absolute atomic E-state index is 0.0352. The van der Waals surface area contributed by atoms with E-state index in [-0.39, 0.29) is 24.7 Å². The second kappa shape index (κ2) is 7.91. The Balaban J connectivity index is 1.45. The van der Waals surface area contributed by atoms with Crippen LogP contribution in [0.4, 0.5) is 23.7 Å². The normalized spacial score (nSPS) is 27.2. The van der Waals surface area contributed by atoms with Crippen LogP contribution in [0.25, 0.3) is 0 Å². The third kappa shape index (κ3) is 3.57. The molecule has 0 spiro atoms. The number of halogens is 3. The van der Waals surface area contributed by atoms with Gasteiger partial charge in [0, 0.05) is 25.0 Å². The zero-order valence-corrected chi connectivity index (χ0v) is 18.6. The van der Waals surface area contributed by atoms with Crippen molar-refractivity contribution in [3.63, 3.8) is 0 Å². The lowest BCUT2D eigenvalue weighted by atomic mass is 9.72. The van der Waals surface area contributed by atoms with Crippen molar-refractivity contribution in [3.05, 3.63) is 59.7 Å². The number of piperidine rings is 2. The summed E-state index contributed by atoms with van der Waals surface area (Å²) < 4.78 is 73.8. The SMILES string of the molecule is N#Cc1ccc(N2CC3C4CCC(CN4C(=O)Oc4ccccc4)C3S2(=O)=O)cc1C(F)(F)F. The first kappa shape index (κ1) is 22.5. The van der Waals surface area contributed by atoms with Crippen LogP contribution in [0.1, 0.15) is 24.0 Å². The molecule has 4 aliphatic rings. The summed E-state index contributed by atoms with van der Waals surface area (Å²) in [6.45, 7) is 0.179. The summed E-state index contributed by atoms with van der Waals surface area (Å²) in [5.41, 5.74) is -1.87. The van der Waals surface area contributed by atoms with Gasteiger partial charge in [0.05, 0.1) is 28.1 Å². The Morgan fingerprint density at radius 1 is 1.09 bits per heavy atom. The molecule has 0 N–H and O–H groups in total. The molecule has 4 unspecified atom stereocenters. The van der Waals surface area contributed by atoms with Crippen LogP contribution in [-0.4, -0.2) is 43.8 Å². The number of anilines is 1. The number of hydrogen-bond donors (Lipinski definition) is 0. The highest BCUT2D eigenvalue weighted by Gasteiger charge is 2.60. The largest absolute Gasteiger partial charge is 0.417 e. The van der Waals surface area contributed by atoms with E-state index in [0.29, 0.717) is 18.6 Å². The molecule has 0 aromatic heterocycles. The summed E-state index contributed by atoms with van der Waals surface area (Å²) in [5, 5.41) is 8.26. The number of ether oxygens (including phenoxy) is 1. The number of sulfonamides is 1. The van der Waals surface area contributed by atoms with E-state index < -0.39 is 50.6 Å². The van der Waals surface area contributed by atoms with Crippen LogP contribution in [0, 0.1) is 23.2 Å². The molecule has 6 rings (SSSR count). The number of nitriles is 1. The van der Waals surface area contributed by atoms with E-state index in [2.05, 4.69) is 0 Å². The number of hydrogen-bond acceptors (Lipinski definition) is 5. The third-order valence-electron chi connectivity index (χ3n) is 6.97. The molecule has 3 saturated heterocycles. The lowest BCUT2D eigenvalue weighted by Crippen LogP contribution is -2.62. The van der Waals surface area contributed by atoms with Crippen LogP contribution < -0.4 is 9.04 Å². The molecule has 1 aliphatic carbocycles.